The van der Waals surface area contributed by atoms with Gasteiger partial charge in [0, 0.05) is 13.0 Å². The van der Waals surface area contributed by atoms with E-state index in [1.54, 1.807) is 13.0 Å². The van der Waals surface area contributed by atoms with Crippen LogP contribution in [0.2, 0.25) is 0 Å². The van der Waals surface area contributed by atoms with Crippen LogP contribution in [0, 0.1) is 12.7 Å². The van der Waals surface area contributed by atoms with Crippen molar-refractivity contribution in [2.24, 2.45) is 0 Å². The molecule has 0 spiro atoms. The molecule has 2 aromatic rings. The van der Waals surface area contributed by atoms with Crippen LogP contribution in [0.25, 0.3) is 0 Å². The lowest BCUT2D eigenvalue weighted by molar-refractivity contribution is -0.896. The third kappa shape index (κ3) is 4.31. The van der Waals surface area contributed by atoms with Crippen molar-refractivity contribution in [1.29, 1.82) is 0 Å². The third-order valence-corrected chi connectivity index (χ3v) is 5.63. The second-order valence-electron chi connectivity index (χ2n) is 7.51. The van der Waals surface area contributed by atoms with Gasteiger partial charge in [-0.2, -0.15) is 0 Å². The van der Waals surface area contributed by atoms with E-state index in [9.17, 15) is 19.1 Å². The summed E-state index contributed by atoms with van der Waals surface area (Å²) < 4.78 is 18.9. The quantitative estimate of drug-likeness (QED) is 0.618. The summed E-state index contributed by atoms with van der Waals surface area (Å²) in [5.41, 5.74) is 0.534. The van der Waals surface area contributed by atoms with Crippen molar-refractivity contribution in [3.8, 4) is 0 Å². The molecule has 0 unspecified atom stereocenters. The van der Waals surface area contributed by atoms with Crippen LogP contribution in [0.15, 0.2) is 52.1 Å². The van der Waals surface area contributed by atoms with Crippen LogP contribution in [0.3, 0.4) is 0 Å². The molecule has 2 N–H and O–H groups in total. The van der Waals surface area contributed by atoms with Gasteiger partial charge in [0.15, 0.2) is 11.5 Å². The minimum atomic E-state index is -0.789. The fraction of sp³-hybridized carbons (Fsp3) is 0.391. The van der Waals surface area contributed by atoms with Gasteiger partial charge in [-0.15, -0.1) is 0 Å². The number of hydrogen-bond donors (Lipinski definition) is 2. The van der Waals surface area contributed by atoms with E-state index in [1.165, 1.54) is 40.1 Å². The lowest BCUT2D eigenvalue weighted by atomic mass is 9.95. The first-order valence-corrected chi connectivity index (χ1v) is 10.3. The van der Waals surface area contributed by atoms with E-state index in [2.05, 4.69) is 13.8 Å². The molecular weight excluding hydrogens is 387 g/mol. The Balaban J connectivity index is 1.94. The normalized spacial score (nSPS) is 16.8. The van der Waals surface area contributed by atoms with Crippen LogP contribution in [0.4, 0.5) is 4.39 Å². The second-order valence-corrected chi connectivity index (χ2v) is 7.51. The number of nitrogens with one attached hydrogen (secondary N) is 1. The number of aliphatic hydroxyl groups excluding tert-OH is 1. The fourth-order valence-corrected chi connectivity index (χ4v) is 3.90. The number of quaternary nitrogens is 1. The summed E-state index contributed by atoms with van der Waals surface area (Å²) in [6.07, 6.45) is 0.717. The third-order valence-electron chi connectivity index (χ3n) is 5.63. The van der Waals surface area contributed by atoms with Gasteiger partial charge in [-0.3, -0.25) is 9.59 Å². The lowest BCUT2D eigenvalue weighted by Crippen LogP contribution is -3.11. The van der Waals surface area contributed by atoms with Gasteiger partial charge in [0.2, 0.25) is 5.78 Å². The number of Topliss-reactive ketones (excluding diaryl/α,β-unsaturated/α-hetero) is 1. The first-order valence-electron chi connectivity index (χ1n) is 10.3. The number of aryl methyl sites for hydroxylation is 1. The van der Waals surface area contributed by atoms with Gasteiger partial charge in [0.1, 0.15) is 11.6 Å². The maximum Gasteiger partial charge on any atom is 0.290 e. The molecule has 1 atom stereocenters. The number of rotatable bonds is 9. The molecule has 1 aromatic heterocycles. The highest BCUT2D eigenvalue weighted by molar-refractivity contribution is 6.15. The molecular formula is C23H28FN2O4+. The zero-order chi connectivity index (χ0) is 21.8. The van der Waals surface area contributed by atoms with Crippen LogP contribution in [0.5, 0.6) is 0 Å². The Morgan fingerprint density at radius 3 is 2.40 bits per heavy atom. The molecule has 0 radical (unpaired) electrons. The first kappa shape index (κ1) is 21.8. The molecule has 1 aromatic carbocycles. The van der Waals surface area contributed by atoms with Crippen molar-refractivity contribution >= 4 is 11.7 Å². The highest BCUT2D eigenvalue weighted by Crippen LogP contribution is 2.39. The average molecular weight is 415 g/mol. The molecule has 0 aliphatic carbocycles. The van der Waals surface area contributed by atoms with Gasteiger partial charge in [-0.1, -0.05) is 12.1 Å². The van der Waals surface area contributed by atoms with Crippen LogP contribution in [-0.2, 0) is 4.79 Å². The van der Waals surface area contributed by atoms with Crippen molar-refractivity contribution in [3.05, 3.63) is 70.6 Å². The van der Waals surface area contributed by atoms with Crippen molar-refractivity contribution in [1.82, 2.24) is 4.90 Å². The van der Waals surface area contributed by atoms with Crippen molar-refractivity contribution < 1.29 is 28.4 Å². The molecule has 160 valence electrons. The topological polar surface area (TPSA) is 75.2 Å². The van der Waals surface area contributed by atoms with Gasteiger partial charge in [-0.05, 0) is 50.6 Å². The van der Waals surface area contributed by atoms with Crippen molar-refractivity contribution in [3.63, 3.8) is 0 Å². The summed E-state index contributed by atoms with van der Waals surface area (Å²) in [7, 11) is 0. The van der Waals surface area contributed by atoms with E-state index in [4.69, 9.17) is 4.42 Å². The van der Waals surface area contributed by atoms with Crippen molar-refractivity contribution in [2.75, 3.05) is 26.2 Å². The number of halogens is 1. The van der Waals surface area contributed by atoms with Gasteiger partial charge in [-0.25, -0.2) is 4.39 Å². The van der Waals surface area contributed by atoms with Gasteiger partial charge < -0.3 is 19.3 Å². The molecule has 3 rings (SSSR count). The number of hydrogen-bond acceptors (Lipinski definition) is 4. The summed E-state index contributed by atoms with van der Waals surface area (Å²) >= 11 is 0. The number of carbonyl (C=O) groups is 2. The fourth-order valence-electron chi connectivity index (χ4n) is 3.90. The highest BCUT2D eigenvalue weighted by atomic mass is 19.1. The molecule has 7 heteroatoms. The minimum absolute atomic E-state index is 0.0313. The minimum Gasteiger partial charge on any atom is -0.503 e. The van der Waals surface area contributed by atoms with Crippen LogP contribution in [0.1, 0.15) is 48.2 Å². The number of ketones is 1. The number of amides is 1. The molecule has 2 heterocycles. The SMILES string of the molecule is CC[NH+](CC)CCCN1C(=O)C(O)=C(C(=O)c2ccc(C)o2)[C@@H]1c1ccc(F)cc1. The molecule has 1 amide bonds. The zero-order valence-electron chi connectivity index (χ0n) is 17.6. The van der Waals surface area contributed by atoms with E-state index in [0.717, 1.165) is 26.1 Å². The highest BCUT2D eigenvalue weighted by Gasteiger charge is 2.44. The van der Waals surface area contributed by atoms with Crippen LogP contribution < -0.4 is 4.90 Å². The summed E-state index contributed by atoms with van der Waals surface area (Å²) in [5.74, 6) is -1.50. The summed E-state index contributed by atoms with van der Waals surface area (Å²) in [6, 6.07) is 8.03. The molecule has 0 saturated carbocycles. The number of aliphatic hydroxyl groups is 1. The Bertz CT molecular complexity index is 944. The van der Waals surface area contributed by atoms with E-state index in [0.29, 0.717) is 17.9 Å². The first-order chi connectivity index (χ1) is 14.4. The Morgan fingerprint density at radius 1 is 1.17 bits per heavy atom. The molecule has 0 bridgehead atoms. The largest absolute Gasteiger partial charge is 0.503 e. The van der Waals surface area contributed by atoms with Gasteiger partial charge in [0.05, 0.1) is 31.2 Å². The Labute approximate surface area is 175 Å². The standard InChI is InChI=1S/C23H27FN2O4/c1-4-25(5-2)13-6-14-26-20(16-8-10-17(24)11-9-16)19(22(28)23(26)29)21(27)18-12-7-15(3)30-18/h7-12,20,28H,4-6,13-14H2,1-3H3/p+1/t20-/m0/s1. The predicted molar refractivity (Wildman–Crippen MR) is 110 cm³/mol. The molecule has 30 heavy (non-hydrogen) atoms. The average Bonchev–Trinajstić information content (AvgIpc) is 3.28. The molecule has 0 saturated heterocycles. The number of benzene rings is 1. The van der Waals surface area contributed by atoms with Gasteiger partial charge >= 0.3 is 0 Å². The number of carbonyl (C=O) groups excluding carboxylic acids is 2. The Hall–Kier alpha value is -2.93. The number of furan rings is 1. The molecule has 0 fully saturated rings. The smallest absolute Gasteiger partial charge is 0.290 e. The van der Waals surface area contributed by atoms with E-state index in [-0.39, 0.29) is 11.3 Å². The maximum absolute atomic E-state index is 13.5. The Morgan fingerprint density at radius 2 is 1.83 bits per heavy atom. The molecule has 6 nitrogen and oxygen atoms in total. The van der Waals surface area contributed by atoms with Crippen LogP contribution in [-0.4, -0.2) is 47.9 Å². The zero-order valence-corrected chi connectivity index (χ0v) is 17.6. The summed E-state index contributed by atoms with van der Waals surface area (Å²) in [5, 5.41) is 10.6. The van der Waals surface area contributed by atoms with E-state index in [1.807, 2.05) is 0 Å². The summed E-state index contributed by atoms with van der Waals surface area (Å²) in [6.45, 7) is 9.14. The predicted octanol–water partition coefficient (Wildman–Crippen LogP) is 2.62. The van der Waals surface area contributed by atoms with Crippen LogP contribution >= 0.6 is 0 Å². The van der Waals surface area contributed by atoms with E-state index < -0.39 is 29.3 Å². The summed E-state index contributed by atoms with van der Waals surface area (Å²) in [4.78, 5) is 28.9. The van der Waals surface area contributed by atoms with E-state index >= 15 is 0 Å². The van der Waals surface area contributed by atoms with Gasteiger partial charge in [0.25, 0.3) is 5.91 Å². The monoisotopic (exact) mass is 415 g/mol. The molecule has 1 aliphatic heterocycles. The second kappa shape index (κ2) is 9.26. The van der Waals surface area contributed by atoms with Crippen molar-refractivity contribution in [2.45, 2.75) is 33.2 Å². The maximum atomic E-state index is 13.5. The lowest BCUT2D eigenvalue weighted by Gasteiger charge is -2.27. The Kier molecular flexibility index (Phi) is 6.72. The molecule has 1 aliphatic rings. The number of nitrogens with zero attached hydrogens (tertiary/aromatic N) is 1.